The van der Waals surface area contributed by atoms with Crippen LogP contribution in [0.15, 0.2) is 42.5 Å². The molecule has 0 bridgehead atoms. The number of urea groups is 1. The fraction of sp³-hybridized carbons (Fsp3) is 0.190. The summed E-state index contributed by atoms with van der Waals surface area (Å²) >= 11 is 6.31. The lowest BCUT2D eigenvalue weighted by atomic mass is 9.94. The van der Waals surface area contributed by atoms with Gasteiger partial charge in [0.2, 0.25) is 0 Å². The van der Waals surface area contributed by atoms with Crippen LogP contribution in [-0.4, -0.2) is 40.3 Å². The monoisotopic (exact) mass is 443 g/mol. The summed E-state index contributed by atoms with van der Waals surface area (Å²) in [4.78, 5) is 26.2. The molecule has 31 heavy (non-hydrogen) atoms. The van der Waals surface area contributed by atoms with Gasteiger partial charge >= 0.3 is 6.03 Å². The van der Waals surface area contributed by atoms with Gasteiger partial charge in [0.1, 0.15) is 23.3 Å². The van der Waals surface area contributed by atoms with Gasteiger partial charge in [-0.3, -0.25) is 9.48 Å². The Morgan fingerprint density at radius 3 is 2.58 bits per heavy atom. The normalized spacial score (nSPS) is 15.5. The maximum absolute atomic E-state index is 13.8. The van der Waals surface area contributed by atoms with E-state index in [0.29, 0.717) is 27.6 Å². The van der Waals surface area contributed by atoms with Gasteiger partial charge in [-0.05, 0) is 29.8 Å². The second-order valence-corrected chi connectivity index (χ2v) is 7.44. The van der Waals surface area contributed by atoms with Crippen LogP contribution in [0.4, 0.5) is 9.18 Å². The van der Waals surface area contributed by atoms with Gasteiger partial charge in [0.25, 0.3) is 5.91 Å². The number of hydrogen-bond donors (Lipinski definition) is 2. The summed E-state index contributed by atoms with van der Waals surface area (Å²) in [6.45, 7) is 0.535. The first-order chi connectivity index (χ1) is 14.8. The van der Waals surface area contributed by atoms with Crippen molar-refractivity contribution in [3.63, 3.8) is 0 Å². The first-order valence-electron chi connectivity index (χ1n) is 9.37. The molecule has 8 nitrogen and oxygen atoms in total. The number of amides is 3. The molecule has 2 heterocycles. The van der Waals surface area contributed by atoms with E-state index in [1.54, 1.807) is 28.9 Å². The smallest absolute Gasteiger partial charge is 0.315 e. The molecule has 2 aromatic carbocycles. The quantitative estimate of drug-likeness (QED) is 0.644. The molecule has 1 aromatic heterocycles. The summed E-state index contributed by atoms with van der Waals surface area (Å²) in [6.07, 6.45) is 0. The van der Waals surface area contributed by atoms with Crippen molar-refractivity contribution in [2.75, 3.05) is 13.7 Å². The number of rotatable bonds is 4. The number of benzene rings is 2. The van der Waals surface area contributed by atoms with E-state index in [1.165, 1.54) is 30.2 Å². The van der Waals surface area contributed by atoms with Gasteiger partial charge in [-0.2, -0.15) is 5.10 Å². The summed E-state index contributed by atoms with van der Waals surface area (Å²) in [7, 11) is 1.49. The largest absolute Gasteiger partial charge is 0.495 e. The van der Waals surface area contributed by atoms with Crippen LogP contribution in [0, 0.1) is 5.82 Å². The van der Waals surface area contributed by atoms with Crippen LogP contribution >= 0.6 is 11.6 Å². The number of methoxy groups -OCH3 is 1. The second kappa shape index (κ2) is 7.92. The molecule has 1 aliphatic heterocycles. The van der Waals surface area contributed by atoms with E-state index in [4.69, 9.17) is 27.8 Å². The van der Waals surface area contributed by atoms with E-state index in [9.17, 15) is 14.0 Å². The molecule has 160 valence electrons. The van der Waals surface area contributed by atoms with Crippen molar-refractivity contribution < 1.29 is 18.7 Å². The van der Waals surface area contributed by atoms with E-state index in [0.717, 1.165) is 0 Å². The molecule has 0 fully saturated rings. The fourth-order valence-electron chi connectivity index (χ4n) is 3.91. The molecule has 4 N–H and O–H groups in total. The number of ether oxygens (including phenoxy) is 1. The Kier molecular flexibility index (Phi) is 5.28. The number of nitrogens with two attached hydrogens (primary N) is 2. The Labute approximate surface area is 182 Å². The Bertz CT molecular complexity index is 1200. The van der Waals surface area contributed by atoms with E-state index in [1.807, 2.05) is 0 Å². The van der Waals surface area contributed by atoms with Crippen LogP contribution in [0.2, 0.25) is 5.02 Å². The second-order valence-electron chi connectivity index (χ2n) is 7.03. The van der Waals surface area contributed by atoms with Gasteiger partial charge in [-0.25, -0.2) is 9.18 Å². The lowest BCUT2D eigenvalue weighted by Gasteiger charge is -2.36. The van der Waals surface area contributed by atoms with E-state index in [2.05, 4.69) is 5.10 Å². The SMILES string of the molecule is COc1ccc(C2c3c(C(N)=O)c(-c4cccc(F)c4)nn3CCN2C(N)=O)cc1Cl. The number of halogens is 2. The first kappa shape index (κ1) is 20.7. The van der Waals surface area contributed by atoms with Crippen LogP contribution in [0.25, 0.3) is 11.3 Å². The minimum Gasteiger partial charge on any atom is -0.495 e. The van der Waals surface area contributed by atoms with Gasteiger partial charge in [0.15, 0.2) is 0 Å². The molecule has 10 heteroatoms. The maximum atomic E-state index is 13.8. The molecule has 1 atom stereocenters. The third-order valence-electron chi connectivity index (χ3n) is 5.23. The zero-order chi connectivity index (χ0) is 22.3. The lowest BCUT2D eigenvalue weighted by molar-refractivity contribution is 0.0995. The van der Waals surface area contributed by atoms with E-state index in [-0.39, 0.29) is 24.3 Å². The van der Waals surface area contributed by atoms with Crippen molar-refractivity contribution >= 4 is 23.5 Å². The predicted molar refractivity (Wildman–Crippen MR) is 112 cm³/mol. The number of carbonyl (C=O) groups excluding carboxylic acids is 2. The number of primary amides is 2. The molecule has 1 aliphatic rings. The number of carbonyl (C=O) groups is 2. The van der Waals surface area contributed by atoms with Crippen molar-refractivity contribution in [2.24, 2.45) is 11.5 Å². The Morgan fingerprint density at radius 2 is 1.97 bits per heavy atom. The zero-order valence-corrected chi connectivity index (χ0v) is 17.3. The summed E-state index contributed by atoms with van der Waals surface area (Å²) in [5, 5.41) is 4.85. The topological polar surface area (TPSA) is 116 Å². The predicted octanol–water partition coefficient (Wildman–Crippen LogP) is 2.93. The first-order valence-corrected chi connectivity index (χ1v) is 9.75. The minimum atomic E-state index is -0.771. The average molecular weight is 444 g/mol. The summed E-state index contributed by atoms with van der Waals surface area (Å²) in [5.74, 6) is -0.775. The molecule has 0 spiro atoms. The lowest BCUT2D eigenvalue weighted by Crippen LogP contribution is -2.46. The highest BCUT2D eigenvalue weighted by molar-refractivity contribution is 6.32. The van der Waals surface area contributed by atoms with Crippen LogP contribution in [0.1, 0.15) is 27.7 Å². The highest BCUT2D eigenvalue weighted by Crippen LogP contribution is 2.40. The molecule has 0 aliphatic carbocycles. The molecule has 3 aromatic rings. The third kappa shape index (κ3) is 3.57. The number of aromatic nitrogens is 2. The maximum Gasteiger partial charge on any atom is 0.315 e. The summed E-state index contributed by atoms with van der Waals surface area (Å²) in [5.41, 5.74) is 13.1. The van der Waals surface area contributed by atoms with Gasteiger partial charge in [-0.1, -0.05) is 29.8 Å². The summed E-state index contributed by atoms with van der Waals surface area (Å²) < 4.78 is 20.6. The van der Waals surface area contributed by atoms with Crippen molar-refractivity contribution in [3.05, 3.63) is 70.1 Å². The number of fused-ring (bicyclic) bond motifs is 1. The number of hydrogen-bond acceptors (Lipinski definition) is 4. The molecule has 0 saturated carbocycles. The molecule has 0 radical (unpaired) electrons. The highest BCUT2D eigenvalue weighted by atomic mass is 35.5. The zero-order valence-electron chi connectivity index (χ0n) is 16.5. The van der Waals surface area contributed by atoms with E-state index < -0.39 is 23.8 Å². The molecule has 0 saturated heterocycles. The van der Waals surface area contributed by atoms with Gasteiger partial charge in [0.05, 0.1) is 29.9 Å². The minimum absolute atomic E-state index is 0.0912. The molecular formula is C21H19ClFN5O3. The molecule has 4 rings (SSSR count). The molecule has 1 unspecified atom stereocenters. The highest BCUT2D eigenvalue weighted by Gasteiger charge is 2.38. The fourth-order valence-corrected chi connectivity index (χ4v) is 4.18. The van der Waals surface area contributed by atoms with Crippen LogP contribution < -0.4 is 16.2 Å². The van der Waals surface area contributed by atoms with Crippen molar-refractivity contribution in [1.29, 1.82) is 0 Å². The van der Waals surface area contributed by atoms with Gasteiger partial charge in [-0.15, -0.1) is 0 Å². The van der Waals surface area contributed by atoms with E-state index >= 15 is 0 Å². The van der Waals surface area contributed by atoms with Crippen LogP contribution in [-0.2, 0) is 6.54 Å². The number of nitrogens with zero attached hydrogens (tertiary/aromatic N) is 3. The van der Waals surface area contributed by atoms with Crippen molar-refractivity contribution in [3.8, 4) is 17.0 Å². The Hall–Kier alpha value is -3.59. The van der Waals surface area contributed by atoms with Gasteiger partial charge < -0.3 is 21.1 Å². The van der Waals surface area contributed by atoms with Crippen molar-refractivity contribution in [1.82, 2.24) is 14.7 Å². The Balaban J connectivity index is 1.97. The van der Waals surface area contributed by atoms with Crippen molar-refractivity contribution in [2.45, 2.75) is 12.6 Å². The third-order valence-corrected chi connectivity index (χ3v) is 5.53. The van der Waals surface area contributed by atoms with Gasteiger partial charge in [0, 0.05) is 12.1 Å². The average Bonchev–Trinajstić information content (AvgIpc) is 3.13. The standard InChI is InChI=1S/C21H19ClFN5O3/c1-31-15-6-5-12(10-14(15)22)18-19-16(20(24)29)17(11-3-2-4-13(23)9-11)26-28(19)8-7-27(18)21(25)30/h2-6,9-10,18H,7-8H2,1H3,(H2,24,29)(H2,25,30). The summed E-state index contributed by atoms with van der Waals surface area (Å²) in [6, 6.07) is 9.28. The van der Waals surface area contributed by atoms with Crippen LogP contribution in [0.3, 0.4) is 0 Å². The Morgan fingerprint density at radius 1 is 1.19 bits per heavy atom. The van der Waals surface area contributed by atoms with Crippen LogP contribution in [0.5, 0.6) is 5.75 Å². The molecular weight excluding hydrogens is 425 g/mol. The molecule has 3 amide bonds.